The predicted molar refractivity (Wildman–Crippen MR) is 84.8 cm³/mol. The highest BCUT2D eigenvalue weighted by molar-refractivity contribution is 5.54. The van der Waals surface area contributed by atoms with Crippen molar-refractivity contribution in [1.29, 1.82) is 0 Å². The van der Waals surface area contributed by atoms with Gasteiger partial charge in [-0.1, -0.05) is 13.0 Å². The standard InChI is InChI=1S/C16H28FN3/c1-5-18-13-14-15(17)9-7-10-16(14)20(6-2)12-8-11-19(3)4/h7,9-10,18H,5-6,8,11-13H2,1-4H3. The summed E-state index contributed by atoms with van der Waals surface area (Å²) in [6.07, 6.45) is 1.08. The molecule has 0 bridgehead atoms. The summed E-state index contributed by atoms with van der Waals surface area (Å²) in [4.78, 5) is 4.44. The Labute approximate surface area is 122 Å². The molecule has 0 amide bonds. The molecule has 0 fully saturated rings. The average molecular weight is 281 g/mol. The van der Waals surface area contributed by atoms with E-state index in [0.29, 0.717) is 6.54 Å². The Kier molecular flexibility index (Phi) is 7.55. The summed E-state index contributed by atoms with van der Waals surface area (Å²) in [7, 11) is 4.16. The Morgan fingerprint density at radius 1 is 1.15 bits per heavy atom. The molecule has 1 aromatic carbocycles. The van der Waals surface area contributed by atoms with Gasteiger partial charge in [-0.3, -0.25) is 0 Å². The summed E-state index contributed by atoms with van der Waals surface area (Å²) in [6, 6.07) is 5.37. The van der Waals surface area contributed by atoms with Gasteiger partial charge < -0.3 is 15.1 Å². The number of hydrogen-bond donors (Lipinski definition) is 1. The smallest absolute Gasteiger partial charge is 0.129 e. The van der Waals surface area contributed by atoms with Crippen molar-refractivity contribution < 1.29 is 4.39 Å². The quantitative estimate of drug-likeness (QED) is 0.751. The molecule has 0 atom stereocenters. The third-order valence-corrected chi connectivity index (χ3v) is 3.40. The third kappa shape index (κ3) is 5.10. The van der Waals surface area contributed by atoms with Gasteiger partial charge >= 0.3 is 0 Å². The van der Waals surface area contributed by atoms with E-state index < -0.39 is 0 Å². The lowest BCUT2D eigenvalue weighted by molar-refractivity contribution is 0.400. The maximum absolute atomic E-state index is 14.0. The molecule has 114 valence electrons. The van der Waals surface area contributed by atoms with E-state index >= 15 is 0 Å². The van der Waals surface area contributed by atoms with Crippen LogP contribution in [0.4, 0.5) is 10.1 Å². The van der Waals surface area contributed by atoms with Crippen molar-refractivity contribution in [3.05, 3.63) is 29.6 Å². The van der Waals surface area contributed by atoms with Crippen LogP contribution in [-0.4, -0.2) is 45.2 Å². The van der Waals surface area contributed by atoms with Crippen LogP contribution < -0.4 is 10.2 Å². The zero-order chi connectivity index (χ0) is 15.0. The fourth-order valence-corrected chi connectivity index (χ4v) is 2.30. The van der Waals surface area contributed by atoms with Gasteiger partial charge in [-0.15, -0.1) is 0 Å². The first kappa shape index (κ1) is 16.9. The van der Waals surface area contributed by atoms with Gasteiger partial charge in [-0.25, -0.2) is 4.39 Å². The van der Waals surface area contributed by atoms with Gasteiger partial charge in [0.1, 0.15) is 5.82 Å². The van der Waals surface area contributed by atoms with Crippen molar-refractivity contribution in [1.82, 2.24) is 10.2 Å². The van der Waals surface area contributed by atoms with Gasteiger partial charge in [-0.2, -0.15) is 0 Å². The van der Waals surface area contributed by atoms with Gasteiger partial charge in [0.05, 0.1) is 0 Å². The first-order valence-electron chi connectivity index (χ1n) is 7.47. The summed E-state index contributed by atoms with van der Waals surface area (Å²) in [5.41, 5.74) is 1.80. The van der Waals surface area contributed by atoms with E-state index in [2.05, 4.69) is 36.1 Å². The first-order valence-corrected chi connectivity index (χ1v) is 7.47. The van der Waals surface area contributed by atoms with Crippen molar-refractivity contribution in [2.45, 2.75) is 26.8 Å². The minimum absolute atomic E-state index is 0.116. The molecule has 0 aliphatic heterocycles. The third-order valence-electron chi connectivity index (χ3n) is 3.40. The zero-order valence-corrected chi connectivity index (χ0v) is 13.2. The second-order valence-electron chi connectivity index (χ2n) is 5.25. The first-order chi connectivity index (χ1) is 9.60. The van der Waals surface area contributed by atoms with Crippen LogP contribution in [0.1, 0.15) is 25.8 Å². The highest BCUT2D eigenvalue weighted by Crippen LogP contribution is 2.23. The molecule has 1 N–H and O–H groups in total. The molecule has 0 aliphatic carbocycles. The molecular weight excluding hydrogens is 253 g/mol. The van der Waals surface area contributed by atoms with Crippen molar-refractivity contribution >= 4 is 5.69 Å². The van der Waals surface area contributed by atoms with Crippen LogP contribution in [0.3, 0.4) is 0 Å². The molecule has 3 nitrogen and oxygen atoms in total. The Morgan fingerprint density at radius 3 is 2.50 bits per heavy atom. The summed E-state index contributed by atoms with van der Waals surface area (Å²) in [6.45, 7) is 8.50. The Hall–Kier alpha value is -1.13. The summed E-state index contributed by atoms with van der Waals surface area (Å²) >= 11 is 0. The Morgan fingerprint density at radius 2 is 1.90 bits per heavy atom. The van der Waals surface area contributed by atoms with E-state index in [0.717, 1.165) is 43.9 Å². The van der Waals surface area contributed by atoms with E-state index in [1.165, 1.54) is 0 Å². The van der Waals surface area contributed by atoms with E-state index in [1.54, 1.807) is 12.1 Å². The molecule has 0 heterocycles. The second-order valence-corrected chi connectivity index (χ2v) is 5.25. The molecular formula is C16H28FN3. The van der Waals surface area contributed by atoms with Crippen molar-refractivity contribution in [3.63, 3.8) is 0 Å². The molecule has 20 heavy (non-hydrogen) atoms. The Balaban J connectivity index is 2.82. The SMILES string of the molecule is CCNCc1c(F)cccc1N(CC)CCCN(C)C. The lowest BCUT2D eigenvalue weighted by atomic mass is 10.1. The lowest BCUT2D eigenvalue weighted by Gasteiger charge is -2.26. The van der Waals surface area contributed by atoms with E-state index in [4.69, 9.17) is 0 Å². The number of hydrogen-bond acceptors (Lipinski definition) is 3. The van der Waals surface area contributed by atoms with E-state index in [9.17, 15) is 4.39 Å². The molecule has 0 saturated heterocycles. The number of benzene rings is 1. The topological polar surface area (TPSA) is 18.5 Å². The van der Waals surface area contributed by atoms with Crippen LogP contribution in [0.2, 0.25) is 0 Å². The monoisotopic (exact) mass is 281 g/mol. The van der Waals surface area contributed by atoms with Crippen molar-refractivity contribution in [2.24, 2.45) is 0 Å². The molecule has 0 saturated carbocycles. The molecule has 0 aliphatic rings. The minimum Gasteiger partial charge on any atom is -0.371 e. The highest BCUT2D eigenvalue weighted by Gasteiger charge is 2.13. The number of nitrogens with zero attached hydrogens (tertiary/aromatic N) is 2. The molecule has 1 aromatic rings. The van der Waals surface area contributed by atoms with Crippen LogP contribution in [0.5, 0.6) is 0 Å². The number of halogens is 1. The van der Waals surface area contributed by atoms with Crippen molar-refractivity contribution in [3.8, 4) is 0 Å². The van der Waals surface area contributed by atoms with E-state index in [1.807, 2.05) is 13.0 Å². The van der Waals surface area contributed by atoms with Gasteiger partial charge in [0.25, 0.3) is 0 Å². The molecule has 1 rings (SSSR count). The largest absolute Gasteiger partial charge is 0.371 e. The molecule has 0 spiro atoms. The van der Waals surface area contributed by atoms with Gasteiger partial charge in [0, 0.05) is 30.9 Å². The molecule has 0 unspecified atom stereocenters. The van der Waals surface area contributed by atoms with Crippen LogP contribution in [-0.2, 0) is 6.54 Å². The number of rotatable bonds is 9. The summed E-state index contributed by atoms with van der Waals surface area (Å²) < 4.78 is 14.0. The van der Waals surface area contributed by atoms with Crippen molar-refractivity contribution in [2.75, 3.05) is 45.2 Å². The maximum Gasteiger partial charge on any atom is 0.129 e. The normalized spacial score (nSPS) is 11.1. The predicted octanol–water partition coefficient (Wildman–Crippen LogP) is 2.71. The summed E-state index contributed by atoms with van der Waals surface area (Å²) in [5, 5.41) is 3.22. The molecule has 4 heteroatoms. The highest BCUT2D eigenvalue weighted by atomic mass is 19.1. The fourth-order valence-electron chi connectivity index (χ4n) is 2.30. The lowest BCUT2D eigenvalue weighted by Crippen LogP contribution is -2.29. The Bertz CT molecular complexity index is 393. The summed E-state index contributed by atoms with van der Waals surface area (Å²) in [5.74, 6) is -0.116. The van der Waals surface area contributed by atoms with Crippen LogP contribution in [0.25, 0.3) is 0 Å². The van der Waals surface area contributed by atoms with Gasteiger partial charge in [0.2, 0.25) is 0 Å². The van der Waals surface area contributed by atoms with Crippen LogP contribution >= 0.6 is 0 Å². The number of nitrogens with one attached hydrogen (secondary N) is 1. The second kappa shape index (κ2) is 8.93. The maximum atomic E-state index is 14.0. The molecule has 0 radical (unpaired) electrons. The fraction of sp³-hybridized carbons (Fsp3) is 0.625. The number of anilines is 1. The van der Waals surface area contributed by atoms with Crippen LogP contribution in [0, 0.1) is 5.82 Å². The zero-order valence-electron chi connectivity index (χ0n) is 13.2. The minimum atomic E-state index is -0.116. The average Bonchev–Trinajstić information content (AvgIpc) is 2.42. The van der Waals surface area contributed by atoms with E-state index in [-0.39, 0.29) is 5.82 Å². The van der Waals surface area contributed by atoms with Gasteiger partial charge in [-0.05, 0) is 52.7 Å². The molecule has 0 aromatic heterocycles. The van der Waals surface area contributed by atoms with Crippen LogP contribution in [0.15, 0.2) is 18.2 Å². The van der Waals surface area contributed by atoms with Gasteiger partial charge in [0.15, 0.2) is 0 Å².